The van der Waals surface area contributed by atoms with Crippen molar-refractivity contribution < 1.29 is 19.2 Å². The molecule has 132 valence electrons. The van der Waals surface area contributed by atoms with E-state index in [-0.39, 0.29) is 35.7 Å². The molecule has 2 aromatic rings. The van der Waals surface area contributed by atoms with E-state index in [1.165, 1.54) is 25.3 Å². The number of benzene rings is 2. The summed E-state index contributed by atoms with van der Waals surface area (Å²) in [7, 11) is 1.39. The molecule has 0 aliphatic carbocycles. The molecule has 0 atom stereocenters. The molecular weight excluding hydrogens is 324 g/mol. The van der Waals surface area contributed by atoms with E-state index in [0.717, 1.165) is 5.69 Å². The Morgan fingerprint density at radius 2 is 1.84 bits per heavy atom. The summed E-state index contributed by atoms with van der Waals surface area (Å²) < 4.78 is 10.6. The average Bonchev–Trinajstić information content (AvgIpc) is 2.60. The molecule has 0 unspecified atom stereocenters. The highest BCUT2D eigenvalue weighted by atomic mass is 16.6. The molecule has 0 aromatic heterocycles. The van der Waals surface area contributed by atoms with Crippen LogP contribution in [0.25, 0.3) is 0 Å². The average molecular weight is 344 g/mol. The lowest BCUT2D eigenvalue weighted by atomic mass is 10.2. The van der Waals surface area contributed by atoms with Gasteiger partial charge in [-0.15, -0.1) is 0 Å². The third-order valence-corrected chi connectivity index (χ3v) is 3.53. The van der Waals surface area contributed by atoms with Gasteiger partial charge >= 0.3 is 0 Å². The third-order valence-electron chi connectivity index (χ3n) is 3.53. The van der Waals surface area contributed by atoms with Crippen molar-refractivity contribution in [2.24, 2.45) is 0 Å². The standard InChI is InChI=1S/C18H20N2O5/c1-13(2)19(14-7-5-4-6-8-14)18(21)12-25-16-10-9-15(20(22)23)11-17(16)24-3/h4-11,13H,12H2,1-3H3. The number of nitrogens with zero attached hydrogens (tertiary/aromatic N) is 2. The van der Waals surface area contributed by atoms with Crippen LogP contribution < -0.4 is 14.4 Å². The Kier molecular flexibility index (Phi) is 5.94. The van der Waals surface area contributed by atoms with E-state index in [1.807, 2.05) is 44.2 Å². The molecule has 0 radical (unpaired) electrons. The lowest BCUT2D eigenvalue weighted by molar-refractivity contribution is -0.384. The number of carbonyl (C=O) groups is 1. The number of non-ortho nitro benzene ring substituents is 1. The minimum atomic E-state index is -0.520. The Morgan fingerprint density at radius 3 is 2.40 bits per heavy atom. The first-order valence-corrected chi connectivity index (χ1v) is 7.76. The molecule has 2 rings (SSSR count). The molecule has 7 heteroatoms. The van der Waals surface area contributed by atoms with Gasteiger partial charge in [-0.05, 0) is 32.0 Å². The van der Waals surface area contributed by atoms with Gasteiger partial charge in [0.25, 0.3) is 11.6 Å². The summed E-state index contributed by atoms with van der Waals surface area (Å²) >= 11 is 0. The molecule has 0 N–H and O–H groups in total. The van der Waals surface area contributed by atoms with Crippen molar-refractivity contribution in [2.45, 2.75) is 19.9 Å². The number of nitro benzene ring substituents is 1. The van der Waals surface area contributed by atoms with Crippen LogP contribution in [0.4, 0.5) is 11.4 Å². The fourth-order valence-corrected chi connectivity index (χ4v) is 2.42. The summed E-state index contributed by atoms with van der Waals surface area (Å²) in [4.78, 5) is 24.5. The van der Waals surface area contributed by atoms with E-state index in [9.17, 15) is 14.9 Å². The summed E-state index contributed by atoms with van der Waals surface area (Å²) in [5.74, 6) is 0.262. The molecule has 0 aliphatic heterocycles. The van der Waals surface area contributed by atoms with Crippen molar-refractivity contribution in [3.63, 3.8) is 0 Å². The Bertz CT molecular complexity index is 746. The highest BCUT2D eigenvalue weighted by Crippen LogP contribution is 2.31. The maximum Gasteiger partial charge on any atom is 0.273 e. The van der Waals surface area contributed by atoms with Gasteiger partial charge in [0, 0.05) is 17.8 Å². The first-order chi connectivity index (χ1) is 11.9. The predicted molar refractivity (Wildman–Crippen MR) is 94.2 cm³/mol. The Morgan fingerprint density at radius 1 is 1.16 bits per heavy atom. The molecule has 2 aromatic carbocycles. The van der Waals surface area contributed by atoms with Gasteiger partial charge in [-0.25, -0.2) is 0 Å². The van der Waals surface area contributed by atoms with Crippen LogP contribution in [0, 0.1) is 10.1 Å². The minimum absolute atomic E-state index is 0.0442. The van der Waals surface area contributed by atoms with E-state index in [2.05, 4.69) is 0 Å². The number of para-hydroxylation sites is 1. The molecule has 0 fully saturated rings. The van der Waals surface area contributed by atoms with Crippen molar-refractivity contribution in [2.75, 3.05) is 18.6 Å². The van der Waals surface area contributed by atoms with Crippen LogP contribution in [-0.2, 0) is 4.79 Å². The molecule has 0 heterocycles. The maximum absolute atomic E-state index is 12.6. The Balaban J connectivity index is 2.14. The van der Waals surface area contributed by atoms with Gasteiger partial charge in [0.2, 0.25) is 0 Å². The summed E-state index contributed by atoms with van der Waals surface area (Å²) in [5, 5.41) is 10.8. The van der Waals surface area contributed by atoms with Gasteiger partial charge in [-0.2, -0.15) is 0 Å². The van der Waals surface area contributed by atoms with Crippen LogP contribution in [0.1, 0.15) is 13.8 Å². The number of methoxy groups -OCH3 is 1. The van der Waals surface area contributed by atoms with Crippen molar-refractivity contribution in [3.8, 4) is 11.5 Å². The minimum Gasteiger partial charge on any atom is -0.493 e. The monoisotopic (exact) mass is 344 g/mol. The van der Waals surface area contributed by atoms with E-state index in [4.69, 9.17) is 9.47 Å². The smallest absolute Gasteiger partial charge is 0.273 e. The zero-order chi connectivity index (χ0) is 18.4. The van der Waals surface area contributed by atoms with Crippen molar-refractivity contribution >= 4 is 17.3 Å². The van der Waals surface area contributed by atoms with Crippen LogP contribution in [0.5, 0.6) is 11.5 Å². The van der Waals surface area contributed by atoms with Crippen LogP contribution in [0.3, 0.4) is 0 Å². The zero-order valence-electron chi connectivity index (χ0n) is 14.3. The second kappa shape index (κ2) is 8.14. The number of hydrogen-bond acceptors (Lipinski definition) is 5. The lowest BCUT2D eigenvalue weighted by Crippen LogP contribution is -2.40. The fraction of sp³-hybridized carbons (Fsp3) is 0.278. The number of nitro groups is 1. The summed E-state index contributed by atoms with van der Waals surface area (Å²) in [6, 6.07) is 13.2. The number of rotatable bonds is 7. The molecule has 0 saturated carbocycles. The normalized spacial score (nSPS) is 10.4. The number of carbonyl (C=O) groups excluding carboxylic acids is 1. The van der Waals surface area contributed by atoms with Crippen LogP contribution >= 0.6 is 0 Å². The highest BCUT2D eigenvalue weighted by Gasteiger charge is 2.20. The first kappa shape index (κ1) is 18.3. The van der Waals surface area contributed by atoms with Crippen molar-refractivity contribution in [1.82, 2.24) is 0 Å². The predicted octanol–water partition coefficient (Wildman–Crippen LogP) is 3.42. The second-order valence-corrected chi connectivity index (χ2v) is 5.57. The molecule has 1 amide bonds. The number of anilines is 1. The summed E-state index contributed by atoms with van der Waals surface area (Å²) in [5.41, 5.74) is 0.672. The van der Waals surface area contributed by atoms with E-state index < -0.39 is 4.92 Å². The van der Waals surface area contributed by atoms with Gasteiger partial charge in [0.15, 0.2) is 18.1 Å². The quantitative estimate of drug-likeness (QED) is 0.568. The fourth-order valence-electron chi connectivity index (χ4n) is 2.42. The van der Waals surface area contributed by atoms with Gasteiger partial charge in [-0.1, -0.05) is 18.2 Å². The molecule has 0 saturated heterocycles. The lowest BCUT2D eigenvalue weighted by Gasteiger charge is -2.27. The maximum atomic E-state index is 12.6. The Labute approximate surface area is 145 Å². The van der Waals surface area contributed by atoms with Crippen LogP contribution in [0.2, 0.25) is 0 Å². The number of amides is 1. The van der Waals surface area contributed by atoms with Gasteiger partial charge in [0.05, 0.1) is 18.1 Å². The van der Waals surface area contributed by atoms with Gasteiger partial charge < -0.3 is 14.4 Å². The molecule has 25 heavy (non-hydrogen) atoms. The number of ether oxygens (including phenoxy) is 2. The zero-order valence-corrected chi connectivity index (χ0v) is 14.3. The van der Waals surface area contributed by atoms with Crippen molar-refractivity contribution in [1.29, 1.82) is 0 Å². The topological polar surface area (TPSA) is 81.9 Å². The van der Waals surface area contributed by atoms with E-state index in [0.29, 0.717) is 0 Å². The summed E-state index contributed by atoms with van der Waals surface area (Å²) in [6.45, 7) is 3.62. The molecule has 0 aliphatic rings. The van der Waals surface area contributed by atoms with Crippen LogP contribution in [-0.4, -0.2) is 30.6 Å². The first-order valence-electron chi connectivity index (χ1n) is 7.76. The SMILES string of the molecule is COc1cc([N+](=O)[O-])ccc1OCC(=O)N(c1ccccc1)C(C)C. The molecular formula is C18H20N2O5. The summed E-state index contributed by atoms with van der Waals surface area (Å²) in [6.07, 6.45) is 0. The second-order valence-electron chi connectivity index (χ2n) is 5.57. The van der Waals surface area contributed by atoms with E-state index in [1.54, 1.807) is 4.90 Å². The Hall–Kier alpha value is -3.09. The highest BCUT2D eigenvalue weighted by molar-refractivity contribution is 5.94. The van der Waals surface area contributed by atoms with Crippen LogP contribution in [0.15, 0.2) is 48.5 Å². The van der Waals surface area contributed by atoms with E-state index >= 15 is 0 Å². The third kappa shape index (κ3) is 4.47. The van der Waals surface area contributed by atoms with Gasteiger partial charge in [0.1, 0.15) is 0 Å². The molecule has 7 nitrogen and oxygen atoms in total. The van der Waals surface area contributed by atoms with Crippen molar-refractivity contribution in [3.05, 3.63) is 58.6 Å². The van der Waals surface area contributed by atoms with Gasteiger partial charge in [-0.3, -0.25) is 14.9 Å². The molecule has 0 spiro atoms. The molecule has 0 bridgehead atoms. The largest absolute Gasteiger partial charge is 0.493 e. The number of hydrogen-bond donors (Lipinski definition) is 0.